The SMILES string of the molecule is CC(=O)N1CC(NC(=O)c2cnn(-c3ccccc3C)c2C(C)C)C1. The fourth-order valence-electron chi connectivity index (χ4n) is 3.17. The van der Waals surface area contributed by atoms with Crippen LogP contribution in [0.4, 0.5) is 0 Å². The Balaban J connectivity index is 1.84. The fraction of sp³-hybridized carbons (Fsp3) is 0.421. The van der Waals surface area contributed by atoms with Crippen LogP contribution in [0.1, 0.15) is 48.3 Å². The third-order valence-electron chi connectivity index (χ3n) is 4.60. The summed E-state index contributed by atoms with van der Waals surface area (Å²) >= 11 is 0. The normalized spacial score (nSPS) is 14.5. The highest BCUT2D eigenvalue weighted by atomic mass is 16.2. The number of hydrogen-bond donors (Lipinski definition) is 1. The molecule has 1 aliphatic rings. The molecule has 1 aromatic carbocycles. The summed E-state index contributed by atoms with van der Waals surface area (Å²) in [5.74, 6) is 0.0652. The van der Waals surface area contributed by atoms with Gasteiger partial charge in [-0.1, -0.05) is 32.0 Å². The van der Waals surface area contributed by atoms with E-state index in [0.717, 1.165) is 16.9 Å². The Morgan fingerprint density at radius 2 is 1.92 bits per heavy atom. The second kappa shape index (κ2) is 6.70. The summed E-state index contributed by atoms with van der Waals surface area (Å²) in [7, 11) is 0. The molecular formula is C19H24N4O2. The van der Waals surface area contributed by atoms with Crippen LogP contribution < -0.4 is 5.32 Å². The molecular weight excluding hydrogens is 316 g/mol. The van der Waals surface area contributed by atoms with Crippen LogP contribution in [0.15, 0.2) is 30.5 Å². The summed E-state index contributed by atoms with van der Waals surface area (Å²) in [5.41, 5.74) is 3.58. The van der Waals surface area contributed by atoms with Crippen LogP contribution >= 0.6 is 0 Å². The van der Waals surface area contributed by atoms with Crippen LogP contribution in [0.25, 0.3) is 5.69 Å². The number of rotatable bonds is 4. The lowest BCUT2D eigenvalue weighted by atomic mass is 10.0. The van der Waals surface area contributed by atoms with Crippen molar-refractivity contribution < 1.29 is 9.59 Å². The molecule has 0 unspecified atom stereocenters. The molecule has 132 valence electrons. The lowest BCUT2D eigenvalue weighted by Crippen LogP contribution is -2.60. The number of carbonyl (C=O) groups is 2. The Hall–Kier alpha value is -2.63. The highest BCUT2D eigenvalue weighted by Crippen LogP contribution is 2.25. The number of aromatic nitrogens is 2. The molecule has 0 radical (unpaired) electrons. The molecule has 6 heteroatoms. The molecule has 2 aromatic rings. The van der Waals surface area contributed by atoms with Crippen LogP contribution in [-0.2, 0) is 4.79 Å². The van der Waals surface area contributed by atoms with Gasteiger partial charge in [-0.25, -0.2) is 4.68 Å². The van der Waals surface area contributed by atoms with Crippen molar-refractivity contribution in [2.24, 2.45) is 0 Å². The highest BCUT2D eigenvalue weighted by molar-refractivity contribution is 5.96. The van der Waals surface area contributed by atoms with Gasteiger partial charge in [0.15, 0.2) is 0 Å². The first-order valence-electron chi connectivity index (χ1n) is 8.58. The summed E-state index contributed by atoms with van der Waals surface area (Å²) in [6.45, 7) is 8.84. The van der Waals surface area contributed by atoms with E-state index in [4.69, 9.17) is 0 Å². The molecule has 1 aromatic heterocycles. The van der Waals surface area contributed by atoms with Crippen molar-refractivity contribution in [1.82, 2.24) is 20.0 Å². The lowest BCUT2D eigenvalue weighted by Gasteiger charge is -2.38. The minimum atomic E-state index is -0.128. The van der Waals surface area contributed by atoms with Gasteiger partial charge in [-0.3, -0.25) is 9.59 Å². The molecule has 0 saturated carbocycles. The Morgan fingerprint density at radius 3 is 2.52 bits per heavy atom. The van der Waals surface area contributed by atoms with E-state index in [1.807, 2.05) is 35.9 Å². The molecule has 1 saturated heterocycles. The van der Waals surface area contributed by atoms with Gasteiger partial charge >= 0.3 is 0 Å². The molecule has 0 bridgehead atoms. The van der Waals surface area contributed by atoms with Crippen LogP contribution in [0, 0.1) is 6.92 Å². The number of nitrogens with zero attached hydrogens (tertiary/aromatic N) is 3. The van der Waals surface area contributed by atoms with Crippen LogP contribution in [-0.4, -0.2) is 45.6 Å². The average Bonchev–Trinajstić information content (AvgIpc) is 2.95. The summed E-state index contributed by atoms with van der Waals surface area (Å²) in [6, 6.07) is 8.01. The number of likely N-dealkylation sites (tertiary alicyclic amines) is 1. The van der Waals surface area contributed by atoms with E-state index in [1.54, 1.807) is 18.0 Å². The van der Waals surface area contributed by atoms with E-state index in [0.29, 0.717) is 18.7 Å². The van der Waals surface area contributed by atoms with Crippen LogP contribution in [0.5, 0.6) is 0 Å². The van der Waals surface area contributed by atoms with E-state index in [-0.39, 0.29) is 23.8 Å². The van der Waals surface area contributed by atoms with Crippen molar-refractivity contribution in [3.8, 4) is 5.69 Å². The van der Waals surface area contributed by atoms with Gasteiger partial charge < -0.3 is 10.2 Å². The van der Waals surface area contributed by atoms with Gasteiger partial charge in [0.25, 0.3) is 5.91 Å². The number of benzene rings is 1. The van der Waals surface area contributed by atoms with Crippen molar-refractivity contribution in [2.45, 2.75) is 39.7 Å². The molecule has 0 aliphatic carbocycles. The Bertz CT molecular complexity index is 804. The van der Waals surface area contributed by atoms with Gasteiger partial charge in [-0.2, -0.15) is 5.10 Å². The molecule has 2 heterocycles. The van der Waals surface area contributed by atoms with Gasteiger partial charge in [0, 0.05) is 20.0 Å². The fourth-order valence-corrected chi connectivity index (χ4v) is 3.17. The zero-order valence-electron chi connectivity index (χ0n) is 15.1. The minimum Gasteiger partial charge on any atom is -0.346 e. The molecule has 0 spiro atoms. The summed E-state index contributed by atoms with van der Waals surface area (Å²) in [5, 5.41) is 7.48. The van der Waals surface area contributed by atoms with Gasteiger partial charge in [0.05, 0.1) is 29.2 Å². The van der Waals surface area contributed by atoms with E-state index < -0.39 is 0 Å². The summed E-state index contributed by atoms with van der Waals surface area (Å²) in [4.78, 5) is 25.7. The van der Waals surface area contributed by atoms with Gasteiger partial charge in [-0.15, -0.1) is 0 Å². The number of amides is 2. The van der Waals surface area contributed by atoms with E-state index in [9.17, 15) is 9.59 Å². The Labute approximate surface area is 147 Å². The average molecular weight is 340 g/mol. The zero-order chi connectivity index (χ0) is 18.1. The molecule has 1 N–H and O–H groups in total. The van der Waals surface area contributed by atoms with E-state index >= 15 is 0 Å². The largest absolute Gasteiger partial charge is 0.346 e. The molecule has 1 aliphatic heterocycles. The number of aryl methyl sites for hydroxylation is 1. The lowest BCUT2D eigenvalue weighted by molar-refractivity contribution is -0.133. The standard InChI is InChI=1S/C19H24N4O2/c1-12(2)18-16(19(25)21-15-10-22(11-15)14(4)24)9-20-23(18)17-8-6-5-7-13(17)3/h5-9,12,15H,10-11H2,1-4H3,(H,21,25). The predicted molar refractivity (Wildman–Crippen MR) is 95.9 cm³/mol. The van der Waals surface area contributed by atoms with E-state index in [1.165, 1.54) is 0 Å². The van der Waals surface area contributed by atoms with Crippen LogP contribution in [0.2, 0.25) is 0 Å². The molecule has 2 amide bonds. The smallest absolute Gasteiger partial charge is 0.255 e. The van der Waals surface area contributed by atoms with Gasteiger partial charge in [0.1, 0.15) is 0 Å². The molecule has 25 heavy (non-hydrogen) atoms. The number of para-hydroxylation sites is 1. The van der Waals surface area contributed by atoms with Crippen molar-refractivity contribution >= 4 is 11.8 Å². The first-order valence-corrected chi connectivity index (χ1v) is 8.58. The molecule has 1 fully saturated rings. The quantitative estimate of drug-likeness (QED) is 0.928. The maximum atomic E-state index is 12.7. The first-order chi connectivity index (χ1) is 11.9. The second-order valence-corrected chi connectivity index (χ2v) is 6.89. The number of nitrogens with one attached hydrogen (secondary N) is 1. The first kappa shape index (κ1) is 17.2. The molecule has 6 nitrogen and oxygen atoms in total. The predicted octanol–water partition coefficient (Wildman–Crippen LogP) is 2.26. The van der Waals surface area contributed by atoms with Gasteiger partial charge in [-0.05, 0) is 24.5 Å². The molecule has 3 rings (SSSR count). The monoisotopic (exact) mass is 340 g/mol. The third-order valence-corrected chi connectivity index (χ3v) is 4.60. The van der Waals surface area contributed by atoms with Crippen molar-refractivity contribution in [3.63, 3.8) is 0 Å². The second-order valence-electron chi connectivity index (χ2n) is 6.89. The van der Waals surface area contributed by atoms with Crippen LogP contribution in [0.3, 0.4) is 0 Å². The maximum Gasteiger partial charge on any atom is 0.255 e. The molecule has 0 atom stereocenters. The Kier molecular flexibility index (Phi) is 4.61. The van der Waals surface area contributed by atoms with Gasteiger partial charge in [0.2, 0.25) is 5.91 Å². The zero-order valence-corrected chi connectivity index (χ0v) is 15.1. The topological polar surface area (TPSA) is 67.2 Å². The number of carbonyl (C=O) groups excluding carboxylic acids is 2. The summed E-state index contributed by atoms with van der Waals surface area (Å²) in [6.07, 6.45) is 1.64. The van der Waals surface area contributed by atoms with E-state index in [2.05, 4.69) is 24.3 Å². The van der Waals surface area contributed by atoms with Crippen molar-refractivity contribution in [2.75, 3.05) is 13.1 Å². The third kappa shape index (κ3) is 3.29. The number of hydrogen-bond acceptors (Lipinski definition) is 3. The Morgan fingerprint density at radius 1 is 1.24 bits per heavy atom. The van der Waals surface area contributed by atoms with Crippen molar-refractivity contribution in [3.05, 3.63) is 47.3 Å². The maximum absolute atomic E-state index is 12.7. The van der Waals surface area contributed by atoms with Crippen molar-refractivity contribution in [1.29, 1.82) is 0 Å². The summed E-state index contributed by atoms with van der Waals surface area (Å²) < 4.78 is 1.86. The highest BCUT2D eigenvalue weighted by Gasteiger charge is 2.31. The minimum absolute atomic E-state index is 0.0122.